The molecule has 2 atom stereocenters. The van der Waals surface area contributed by atoms with Gasteiger partial charge in [-0.05, 0) is 23.8 Å². The molecule has 0 aromatic heterocycles. The Morgan fingerprint density at radius 2 is 1.82 bits per heavy atom. The maximum Gasteiger partial charge on any atom is 0.326 e. The lowest BCUT2D eigenvalue weighted by atomic mass is 9.88. The normalized spacial score (nSPS) is 14.2. The van der Waals surface area contributed by atoms with Crippen molar-refractivity contribution in [2.24, 2.45) is 5.41 Å². The Bertz CT molecular complexity index is 493. The van der Waals surface area contributed by atoms with Gasteiger partial charge in [0.25, 0.3) is 5.91 Å². The van der Waals surface area contributed by atoms with E-state index < -0.39 is 24.0 Å². The van der Waals surface area contributed by atoms with Crippen molar-refractivity contribution < 1.29 is 19.4 Å². The molecule has 0 fully saturated rings. The maximum atomic E-state index is 12.3. The highest BCUT2D eigenvalue weighted by atomic mass is 16.5. The number of carbonyl (C=O) groups is 2. The molecular weight excluding hydrogens is 282 g/mol. The van der Waals surface area contributed by atoms with E-state index in [2.05, 4.69) is 5.32 Å². The van der Waals surface area contributed by atoms with E-state index in [1.165, 1.54) is 7.11 Å². The third-order valence-corrected chi connectivity index (χ3v) is 3.37. The molecule has 0 spiro atoms. The minimum absolute atomic E-state index is 0.0124. The van der Waals surface area contributed by atoms with Crippen molar-refractivity contribution in [1.82, 2.24) is 5.32 Å². The zero-order chi connectivity index (χ0) is 16.8. The van der Waals surface area contributed by atoms with Gasteiger partial charge in [0.2, 0.25) is 0 Å². The number of methoxy groups -OCH3 is 1. The fraction of sp³-hybridized carbons (Fsp3) is 0.529. The van der Waals surface area contributed by atoms with Gasteiger partial charge < -0.3 is 15.2 Å². The number of ether oxygens (including phenoxy) is 1. The molecule has 0 heterocycles. The summed E-state index contributed by atoms with van der Waals surface area (Å²) in [5.41, 5.74) is 0.709. The van der Waals surface area contributed by atoms with E-state index in [0.29, 0.717) is 18.4 Å². The van der Waals surface area contributed by atoms with Crippen molar-refractivity contribution in [2.75, 3.05) is 7.11 Å². The first kappa shape index (κ1) is 18.2. The van der Waals surface area contributed by atoms with Crippen molar-refractivity contribution in [2.45, 2.75) is 45.8 Å². The van der Waals surface area contributed by atoms with E-state index in [-0.39, 0.29) is 5.41 Å². The van der Waals surface area contributed by atoms with Crippen molar-refractivity contribution in [1.29, 1.82) is 0 Å². The molecule has 0 saturated heterocycles. The number of carboxylic acid groups (broad SMARTS) is 1. The Morgan fingerprint density at radius 1 is 1.23 bits per heavy atom. The largest absolute Gasteiger partial charge is 0.480 e. The summed E-state index contributed by atoms with van der Waals surface area (Å²) in [6.45, 7) is 6.11. The first-order valence-corrected chi connectivity index (χ1v) is 7.35. The molecule has 0 saturated carbocycles. The molecule has 5 nitrogen and oxygen atoms in total. The molecule has 1 aromatic rings. The van der Waals surface area contributed by atoms with Gasteiger partial charge in [-0.1, -0.05) is 51.1 Å². The summed E-state index contributed by atoms with van der Waals surface area (Å²) in [7, 11) is 1.43. The van der Waals surface area contributed by atoms with Crippen molar-refractivity contribution in [3.8, 4) is 0 Å². The lowest BCUT2D eigenvalue weighted by Crippen LogP contribution is -2.43. The van der Waals surface area contributed by atoms with E-state index in [9.17, 15) is 14.7 Å². The zero-order valence-corrected chi connectivity index (χ0v) is 13.6. The fourth-order valence-corrected chi connectivity index (χ4v) is 2.10. The van der Waals surface area contributed by atoms with E-state index in [4.69, 9.17) is 4.74 Å². The van der Waals surface area contributed by atoms with Gasteiger partial charge in [-0.15, -0.1) is 0 Å². The second-order valence-electron chi connectivity index (χ2n) is 6.53. The van der Waals surface area contributed by atoms with E-state index in [0.717, 1.165) is 0 Å². The van der Waals surface area contributed by atoms with Gasteiger partial charge in [0.1, 0.15) is 6.04 Å². The number of nitrogens with one attached hydrogen (secondary N) is 1. The Labute approximate surface area is 131 Å². The van der Waals surface area contributed by atoms with Crippen LogP contribution in [0.3, 0.4) is 0 Å². The number of carbonyl (C=O) groups excluding carboxylic acids is 1. The van der Waals surface area contributed by atoms with E-state index >= 15 is 0 Å². The highest BCUT2D eigenvalue weighted by Crippen LogP contribution is 2.22. The van der Waals surface area contributed by atoms with E-state index in [1.54, 1.807) is 12.1 Å². The number of rotatable bonds is 7. The summed E-state index contributed by atoms with van der Waals surface area (Å²) in [5.74, 6) is -1.46. The van der Waals surface area contributed by atoms with Crippen LogP contribution in [-0.2, 0) is 14.3 Å². The first-order valence-electron chi connectivity index (χ1n) is 7.35. The van der Waals surface area contributed by atoms with Gasteiger partial charge in [-0.3, -0.25) is 4.79 Å². The molecule has 0 aliphatic heterocycles. The number of hydrogen-bond acceptors (Lipinski definition) is 3. The predicted octanol–water partition coefficient (Wildman–Crippen LogP) is 2.77. The van der Waals surface area contributed by atoms with Crippen molar-refractivity contribution >= 4 is 11.9 Å². The third kappa shape index (κ3) is 5.85. The topological polar surface area (TPSA) is 75.6 Å². The van der Waals surface area contributed by atoms with Gasteiger partial charge >= 0.3 is 5.97 Å². The maximum absolute atomic E-state index is 12.3. The van der Waals surface area contributed by atoms with Crippen LogP contribution in [0, 0.1) is 5.41 Å². The molecule has 2 N–H and O–H groups in total. The molecule has 1 unspecified atom stereocenters. The SMILES string of the molecule is CO[C@@H](C(=O)NC(CCC(C)(C)C)C(=O)O)c1ccccc1. The van der Waals surface area contributed by atoms with Crippen LogP contribution in [0.25, 0.3) is 0 Å². The summed E-state index contributed by atoms with van der Waals surface area (Å²) in [5, 5.41) is 11.9. The average molecular weight is 307 g/mol. The van der Waals surface area contributed by atoms with Gasteiger partial charge in [-0.2, -0.15) is 0 Å². The molecule has 0 aliphatic carbocycles. The average Bonchev–Trinajstić information content (AvgIpc) is 2.44. The highest BCUT2D eigenvalue weighted by molar-refractivity contribution is 5.87. The van der Waals surface area contributed by atoms with Crippen LogP contribution in [-0.4, -0.2) is 30.1 Å². The van der Waals surface area contributed by atoms with Gasteiger partial charge in [-0.25, -0.2) is 4.79 Å². The summed E-state index contributed by atoms with van der Waals surface area (Å²) in [6.07, 6.45) is 0.279. The van der Waals surface area contributed by atoms with Crippen LogP contribution in [0.2, 0.25) is 0 Å². The van der Waals surface area contributed by atoms with Crippen LogP contribution in [0.4, 0.5) is 0 Å². The molecule has 1 amide bonds. The molecule has 122 valence electrons. The Hall–Kier alpha value is -1.88. The monoisotopic (exact) mass is 307 g/mol. The number of amides is 1. The number of hydrogen-bond donors (Lipinski definition) is 2. The molecule has 0 aliphatic rings. The zero-order valence-electron chi connectivity index (χ0n) is 13.6. The van der Waals surface area contributed by atoms with Gasteiger partial charge in [0.05, 0.1) is 0 Å². The van der Waals surface area contributed by atoms with Crippen molar-refractivity contribution in [3.63, 3.8) is 0 Å². The minimum Gasteiger partial charge on any atom is -0.480 e. The molecule has 0 radical (unpaired) electrons. The summed E-state index contributed by atoms with van der Waals surface area (Å²) in [4.78, 5) is 23.7. The Balaban J connectivity index is 2.75. The lowest BCUT2D eigenvalue weighted by molar-refractivity contribution is -0.144. The van der Waals surface area contributed by atoms with Crippen LogP contribution < -0.4 is 5.32 Å². The van der Waals surface area contributed by atoms with Crippen LogP contribution >= 0.6 is 0 Å². The van der Waals surface area contributed by atoms with Crippen LogP contribution in [0.15, 0.2) is 30.3 Å². The summed E-state index contributed by atoms with van der Waals surface area (Å²) < 4.78 is 5.22. The minimum atomic E-state index is -1.03. The van der Waals surface area contributed by atoms with E-state index in [1.807, 2.05) is 39.0 Å². The first-order chi connectivity index (χ1) is 10.2. The Kier molecular flexibility index (Phi) is 6.56. The van der Waals surface area contributed by atoms with Crippen LogP contribution in [0.1, 0.15) is 45.3 Å². The molecule has 1 rings (SSSR count). The predicted molar refractivity (Wildman–Crippen MR) is 84.4 cm³/mol. The number of carboxylic acids is 1. The van der Waals surface area contributed by atoms with Crippen molar-refractivity contribution in [3.05, 3.63) is 35.9 Å². The molecule has 5 heteroatoms. The molecule has 0 bridgehead atoms. The number of benzene rings is 1. The second-order valence-corrected chi connectivity index (χ2v) is 6.53. The second kappa shape index (κ2) is 7.94. The summed E-state index contributed by atoms with van der Waals surface area (Å²) in [6, 6.07) is 8.11. The van der Waals surface area contributed by atoms with Crippen LogP contribution in [0.5, 0.6) is 0 Å². The van der Waals surface area contributed by atoms with Gasteiger partial charge in [0.15, 0.2) is 6.10 Å². The Morgan fingerprint density at radius 3 is 2.27 bits per heavy atom. The number of aliphatic carboxylic acids is 1. The molecule has 22 heavy (non-hydrogen) atoms. The lowest BCUT2D eigenvalue weighted by Gasteiger charge is -2.23. The summed E-state index contributed by atoms with van der Waals surface area (Å²) >= 11 is 0. The highest BCUT2D eigenvalue weighted by Gasteiger charge is 2.27. The smallest absolute Gasteiger partial charge is 0.326 e. The molecule has 1 aromatic carbocycles. The third-order valence-electron chi connectivity index (χ3n) is 3.37. The fourth-order valence-electron chi connectivity index (χ4n) is 2.10. The molecular formula is C17H25NO4. The quantitative estimate of drug-likeness (QED) is 0.812. The van der Waals surface area contributed by atoms with Gasteiger partial charge in [0, 0.05) is 7.11 Å². The standard InChI is InChI=1S/C17H25NO4/c1-17(2,3)11-10-13(16(20)21)18-15(19)14(22-4)12-8-6-5-7-9-12/h5-9,13-14H,10-11H2,1-4H3,(H,18,19)(H,20,21)/t13?,14-/m1/s1.